The SMILES string of the molecule is CC(NC(=O)COc1ccc(Cl)cc1Cl)c1nc(-c2ccncc2)cs1. The molecule has 0 saturated carbocycles. The molecule has 0 saturated heterocycles. The van der Waals surface area contributed by atoms with Crippen LogP contribution in [0.1, 0.15) is 18.0 Å². The number of aromatic nitrogens is 2. The second-order valence-electron chi connectivity index (χ2n) is 5.46. The van der Waals surface area contributed by atoms with Crippen molar-refractivity contribution in [1.82, 2.24) is 15.3 Å². The topological polar surface area (TPSA) is 64.1 Å². The number of nitrogens with one attached hydrogen (secondary N) is 1. The summed E-state index contributed by atoms with van der Waals surface area (Å²) in [5, 5.41) is 6.50. The van der Waals surface area contributed by atoms with Gasteiger partial charge in [-0.1, -0.05) is 23.2 Å². The molecule has 26 heavy (non-hydrogen) atoms. The minimum atomic E-state index is -0.260. The highest BCUT2D eigenvalue weighted by molar-refractivity contribution is 7.10. The Kier molecular flexibility index (Phi) is 6.08. The standard InChI is InChI=1S/C18H15Cl2N3O2S/c1-11(18-23-15(10-26-18)12-4-6-21-7-5-12)22-17(24)9-25-16-3-2-13(19)8-14(16)20/h2-8,10-11H,9H2,1H3,(H,22,24). The minimum Gasteiger partial charge on any atom is -0.482 e. The Morgan fingerprint density at radius 3 is 2.77 bits per heavy atom. The zero-order valence-electron chi connectivity index (χ0n) is 13.8. The van der Waals surface area contributed by atoms with E-state index in [2.05, 4.69) is 15.3 Å². The number of thiazole rings is 1. The molecule has 0 radical (unpaired) electrons. The molecule has 2 heterocycles. The fourth-order valence-electron chi connectivity index (χ4n) is 2.22. The zero-order valence-corrected chi connectivity index (χ0v) is 16.1. The molecular formula is C18H15Cl2N3O2S. The number of nitrogens with zero attached hydrogens (tertiary/aromatic N) is 2. The van der Waals surface area contributed by atoms with E-state index < -0.39 is 0 Å². The summed E-state index contributed by atoms with van der Waals surface area (Å²) in [6, 6.07) is 8.41. The molecule has 0 bridgehead atoms. The Labute approximate surface area is 165 Å². The molecule has 0 fully saturated rings. The van der Waals surface area contributed by atoms with E-state index in [-0.39, 0.29) is 18.6 Å². The summed E-state index contributed by atoms with van der Waals surface area (Å²) in [5.41, 5.74) is 1.85. The molecule has 2 aromatic heterocycles. The van der Waals surface area contributed by atoms with Gasteiger partial charge in [0.25, 0.3) is 5.91 Å². The molecule has 5 nitrogen and oxygen atoms in total. The van der Waals surface area contributed by atoms with Crippen molar-refractivity contribution in [2.45, 2.75) is 13.0 Å². The number of carbonyl (C=O) groups excluding carboxylic acids is 1. The Morgan fingerprint density at radius 2 is 2.04 bits per heavy atom. The molecule has 1 atom stereocenters. The third-order valence-electron chi connectivity index (χ3n) is 3.50. The number of carbonyl (C=O) groups is 1. The third-order valence-corrected chi connectivity index (χ3v) is 5.06. The molecule has 0 spiro atoms. The highest BCUT2D eigenvalue weighted by Crippen LogP contribution is 2.28. The monoisotopic (exact) mass is 407 g/mol. The van der Waals surface area contributed by atoms with E-state index in [1.165, 1.54) is 11.3 Å². The van der Waals surface area contributed by atoms with E-state index >= 15 is 0 Å². The lowest BCUT2D eigenvalue weighted by molar-refractivity contribution is -0.123. The second kappa shape index (κ2) is 8.49. The number of hydrogen-bond acceptors (Lipinski definition) is 5. The largest absolute Gasteiger partial charge is 0.482 e. The van der Waals surface area contributed by atoms with Gasteiger partial charge in [0.2, 0.25) is 0 Å². The van der Waals surface area contributed by atoms with Crippen LogP contribution in [0.5, 0.6) is 5.75 Å². The minimum absolute atomic E-state index is 0.145. The van der Waals surface area contributed by atoms with Crippen molar-refractivity contribution in [3.05, 3.63) is 63.2 Å². The summed E-state index contributed by atoms with van der Waals surface area (Å²) in [6.07, 6.45) is 3.44. The Balaban J connectivity index is 1.57. The van der Waals surface area contributed by atoms with Gasteiger partial charge in [-0.25, -0.2) is 4.98 Å². The number of halogens is 2. The highest BCUT2D eigenvalue weighted by atomic mass is 35.5. The number of pyridine rings is 1. The van der Waals surface area contributed by atoms with E-state index in [0.29, 0.717) is 15.8 Å². The van der Waals surface area contributed by atoms with Crippen LogP contribution >= 0.6 is 34.5 Å². The van der Waals surface area contributed by atoms with Crippen LogP contribution in [-0.4, -0.2) is 22.5 Å². The van der Waals surface area contributed by atoms with Gasteiger partial charge in [-0.3, -0.25) is 9.78 Å². The van der Waals surface area contributed by atoms with Crippen LogP contribution in [0.4, 0.5) is 0 Å². The van der Waals surface area contributed by atoms with Gasteiger partial charge in [0.15, 0.2) is 6.61 Å². The molecule has 0 aliphatic carbocycles. The average Bonchev–Trinajstić information content (AvgIpc) is 3.12. The van der Waals surface area contributed by atoms with Crippen molar-refractivity contribution in [2.24, 2.45) is 0 Å². The van der Waals surface area contributed by atoms with Gasteiger partial charge in [0, 0.05) is 28.4 Å². The fraction of sp³-hybridized carbons (Fsp3) is 0.167. The van der Waals surface area contributed by atoms with E-state index in [4.69, 9.17) is 27.9 Å². The van der Waals surface area contributed by atoms with Gasteiger partial charge in [-0.2, -0.15) is 0 Å². The maximum Gasteiger partial charge on any atom is 0.258 e. The first-order valence-corrected chi connectivity index (χ1v) is 9.39. The normalized spacial score (nSPS) is 11.8. The van der Waals surface area contributed by atoms with Gasteiger partial charge in [0.1, 0.15) is 10.8 Å². The zero-order chi connectivity index (χ0) is 18.5. The fourth-order valence-corrected chi connectivity index (χ4v) is 3.52. The van der Waals surface area contributed by atoms with Gasteiger partial charge < -0.3 is 10.1 Å². The van der Waals surface area contributed by atoms with Crippen LogP contribution < -0.4 is 10.1 Å². The van der Waals surface area contributed by atoms with Gasteiger partial charge >= 0.3 is 0 Å². The third kappa shape index (κ3) is 4.72. The molecule has 3 aromatic rings. The summed E-state index contributed by atoms with van der Waals surface area (Å²) in [5.74, 6) is 0.150. The molecule has 1 amide bonds. The predicted octanol–water partition coefficient (Wildman–Crippen LogP) is 4.77. The molecule has 8 heteroatoms. The maximum atomic E-state index is 12.1. The number of hydrogen-bond donors (Lipinski definition) is 1. The first-order valence-electron chi connectivity index (χ1n) is 7.76. The van der Waals surface area contributed by atoms with Crippen LogP contribution in [0.3, 0.4) is 0 Å². The molecule has 1 N–H and O–H groups in total. The van der Waals surface area contributed by atoms with E-state index in [9.17, 15) is 4.79 Å². The van der Waals surface area contributed by atoms with Crippen LogP contribution in [0, 0.1) is 0 Å². The highest BCUT2D eigenvalue weighted by Gasteiger charge is 2.15. The van der Waals surface area contributed by atoms with Crippen molar-refractivity contribution in [1.29, 1.82) is 0 Å². The lowest BCUT2D eigenvalue weighted by atomic mass is 10.2. The summed E-state index contributed by atoms with van der Waals surface area (Å²) in [4.78, 5) is 20.7. The lowest BCUT2D eigenvalue weighted by Gasteiger charge is -2.12. The Hall–Kier alpha value is -2.15. The molecular weight excluding hydrogens is 393 g/mol. The first-order chi connectivity index (χ1) is 12.5. The van der Waals surface area contributed by atoms with Crippen LogP contribution in [-0.2, 0) is 4.79 Å². The summed E-state index contributed by atoms with van der Waals surface area (Å²) in [6.45, 7) is 1.73. The van der Waals surface area contributed by atoms with E-state index in [1.807, 2.05) is 24.4 Å². The van der Waals surface area contributed by atoms with Crippen molar-refractivity contribution in [3.63, 3.8) is 0 Å². The van der Waals surface area contributed by atoms with Crippen molar-refractivity contribution in [2.75, 3.05) is 6.61 Å². The summed E-state index contributed by atoms with van der Waals surface area (Å²) >= 11 is 13.3. The smallest absolute Gasteiger partial charge is 0.258 e. The average molecular weight is 408 g/mol. The molecule has 3 rings (SSSR count). The van der Waals surface area contributed by atoms with Crippen LogP contribution in [0.15, 0.2) is 48.1 Å². The van der Waals surface area contributed by atoms with E-state index in [0.717, 1.165) is 16.3 Å². The van der Waals surface area contributed by atoms with Crippen molar-refractivity contribution in [3.8, 4) is 17.0 Å². The number of benzene rings is 1. The molecule has 134 valence electrons. The Bertz CT molecular complexity index is 902. The van der Waals surface area contributed by atoms with Crippen LogP contribution in [0.25, 0.3) is 11.3 Å². The lowest BCUT2D eigenvalue weighted by Crippen LogP contribution is -2.31. The summed E-state index contributed by atoms with van der Waals surface area (Å²) < 4.78 is 5.44. The predicted molar refractivity (Wildman–Crippen MR) is 104 cm³/mol. The van der Waals surface area contributed by atoms with Crippen molar-refractivity contribution >= 4 is 40.4 Å². The molecule has 0 aliphatic rings. The van der Waals surface area contributed by atoms with Gasteiger partial charge in [0.05, 0.1) is 16.8 Å². The first kappa shape index (κ1) is 18.6. The molecule has 1 aromatic carbocycles. The van der Waals surface area contributed by atoms with Gasteiger partial charge in [-0.15, -0.1) is 11.3 Å². The van der Waals surface area contributed by atoms with Crippen molar-refractivity contribution < 1.29 is 9.53 Å². The summed E-state index contributed by atoms with van der Waals surface area (Å²) in [7, 11) is 0. The Morgan fingerprint density at radius 1 is 1.27 bits per heavy atom. The maximum absolute atomic E-state index is 12.1. The number of rotatable bonds is 6. The number of amides is 1. The quantitative estimate of drug-likeness (QED) is 0.638. The number of ether oxygens (including phenoxy) is 1. The van der Waals surface area contributed by atoms with Crippen LogP contribution in [0.2, 0.25) is 10.0 Å². The molecule has 0 aliphatic heterocycles. The second-order valence-corrected chi connectivity index (χ2v) is 7.19. The van der Waals surface area contributed by atoms with Gasteiger partial charge in [-0.05, 0) is 37.3 Å². The molecule has 1 unspecified atom stereocenters. The van der Waals surface area contributed by atoms with E-state index in [1.54, 1.807) is 30.6 Å².